The average Bonchev–Trinajstić information content (AvgIpc) is 3.72. The minimum Gasteiger partial charge on any atom is -0.458 e. The van der Waals surface area contributed by atoms with Crippen LogP contribution in [-0.2, 0) is 25.7 Å². The van der Waals surface area contributed by atoms with E-state index in [9.17, 15) is 0 Å². The van der Waals surface area contributed by atoms with Crippen LogP contribution in [-0.4, -0.2) is 6.71 Å². The molecule has 0 spiro atoms. The van der Waals surface area contributed by atoms with Crippen LogP contribution >= 0.6 is 0 Å². The van der Waals surface area contributed by atoms with Gasteiger partial charge in [-0.15, -0.1) is 0 Å². The highest BCUT2D eigenvalue weighted by molar-refractivity contribution is 6.99. The Morgan fingerprint density at radius 1 is 0.419 bits per heavy atom. The highest BCUT2D eigenvalue weighted by Gasteiger charge is 2.49. The molecule has 0 bridgehead atoms. The van der Waals surface area contributed by atoms with Gasteiger partial charge in [0.2, 0.25) is 0 Å². The maximum atomic E-state index is 7.16. The lowest BCUT2D eigenvalue weighted by atomic mass is 9.31. The van der Waals surface area contributed by atoms with E-state index < -0.39 is 0 Å². The Balaban J connectivity index is 1.21. The predicted octanol–water partition coefficient (Wildman–Crippen LogP) is 7.03. The van der Waals surface area contributed by atoms with Crippen LogP contribution < -0.4 is 25.9 Å². The van der Waals surface area contributed by atoms with Gasteiger partial charge in [0, 0.05) is 16.6 Å². The van der Waals surface area contributed by atoms with E-state index in [0.29, 0.717) is 0 Å². The molecule has 12 rings (SSSR count). The molecule has 0 aromatic heterocycles. The van der Waals surface area contributed by atoms with E-state index in [-0.39, 0.29) is 6.71 Å². The number of hydrogen-bond acceptors (Lipinski definition) is 2. The van der Waals surface area contributed by atoms with Crippen molar-refractivity contribution in [1.29, 1.82) is 0 Å². The van der Waals surface area contributed by atoms with E-state index in [0.717, 1.165) is 48.7 Å². The van der Waals surface area contributed by atoms with Crippen LogP contribution in [0.1, 0.15) is 44.5 Å². The molecule has 2 nitrogen and oxygen atoms in total. The minimum absolute atomic E-state index is 0.112. The van der Waals surface area contributed by atoms with Crippen molar-refractivity contribution in [2.75, 3.05) is 0 Å². The summed E-state index contributed by atoms with van der Waals surface area (Å²) in [4.78, 5) is 0. The van der Waals surface area contributed by atoms with Crippen LogP contribution in [0.5, 0.6) is 23.0 Å². The van der Waals surface area contributed by atoms with Gasteiger partial charge in [-0.3, -0.25) is 0 Å². The normalized spacial score (nSPS) is 15.4. The molecule has 0 amide bonds. The quantitative estimate of drug-likeness (QED) is 0.190. The van der Waals surface area contributed by atoms with Gasteiger partial charge < -0.3 is 9.47 Å². The maximum absolute atomic E-state index is 7.16. The summed E-state index contributed by atoms with van der Waals surface area (Å²) in [6, 6.07) is 33.9. The van der Waals surface area contributed by atoms with Crippen molar-refractivity contribution in [3.05, 3.63) is 136 Å². The molecule has 3 aliphatic heterocycles. The fraction of sp³-hybridized carbons (Fsp3) is 0.100. The molecule has 0 atom stereocenters. The molecule has 0 saturated heterocycles. The van der Waals surface area contributed by atoms with E-state index in [4.69, 9.17) is 9.47 Å². The summed E-state index contributed by atoms with van der Waals surface area (Å²) in [5, 5.41) is 0. The van der Waals surface area contributed by atoms with Crippen molar-refractivity contribution in [2.45, 2.75) is 25.7 Å². The third-order valence-electron chi connectivity index (χ3n) is 11.1. The topological polar surface area (TPSA) is 18.5 Å². The van der Waals surface area contributed by atoms with E-state index >= 15 is 0 Å². The summed E-state index contributed by atoms with van der Waals surface area (Å²) in [6.07, 6.45) is 3.80. The number of rotatable bonds is 0. The Hall–Kier alpha value is -5.02. The molecule has 3 aliphatic carbocycles. The van der Waals surface area contributed by atoms with E-state index in [1.54, 1.807) is 0 Å². The molecule has 6 aromatic rings. The first-order valence-corrected chi connectivity index (χ1v) is 15.5. The Morgan fingerprint density at radius 2 is 0.977 bits per heavy atom. The van der Waals surface area contributed by atoms with Gasteiger partial charge in [-0.25, -0.2) is 0 Å². The number of hydrogen-bond donors (Lipinski definition) is 0. The fourth-order valence-corrected chi connectivity index (χ4v) is 9.42. The summed E-state index contributed by atoms with van der Waals surface area (Å²) in [5.74, 6) is 4.10. The Kier molecular flexibility index (Phi) is 3.59. The average molecular weight is 546 g/mol. The van der Waals surface area contributed by atoms with Gasteiger partial charge in [-0.05, 0) is 116 Å². The van der Waals surface area contributed by atoms with E-state index in [1.807, 2.05) is 0 Å². The molecule has 43 heavy (non-hydrogen) atoms. The molecule has 3 heteroatoms. The van der Waals surface area contributed by atoms with Crippen LogP contribution in [0.2, 0.25) is 0 Å². The second kappa shape index (κ2) is 7.13. The number of benzene rings is 6. The summed E-state index contributed by atoms with van der Waals surface area (Å²) in [5.41, 5.74) is 23.1. The van der Waals surface area contributed by atoms with Crippen LogP contribution in [0.15, 0.2) is 91.0 Å². The zero-order valence-corrected chi connectivity index (χ0v) is 23.4. The van der Waals surface area contributed by atoms with Gasteiger partial charge in [0.25, 0.3) is 6.71 Å². The van der Waals surface area contributed by atoms with E-state index in [1.165, 1.54) is 94.3 Å². The van der Waals surface area contributed by atoms with Crippen molar-refractivity contribution >= 4 is 23.1 Å². The van der Waals surface area contributed by atoms with Crippen LogP contribution in [0, 0.1) is 0 Å². The summed E-state index contributed by atoms with van der Waals surface area (Å²) < 4.78 is 14.3. The second-order valence-electron chi connectivity index (χ2n) is 13.1. The summed E-state index contributed by atoms with van der Waals surface area (Å²) >= 11 is 0. The molecule has 6 aromatic carbocycles. The second-order valence-corrected chi connectivity index (χ2v) is 13.1. The molecule has 198 valence electrons. The Labute approximate surface area is 249 Å². The Bertz CT molecular complexity index is 2360. The molecular formula is C40H23BO2. The molecule has 0 fully saturated rings. The van der Waals surface area contributed by atoms with Gasteiger partial charge in [0.1, 0.15) is 23.0 Å². The number of ether oxygens (including phenoxy) is 2. The highest BCUT2D eigenvalue weighted by atomic mass is 16.5. The molecular weight excluding hydrogens is 523 g/mol. The minimum atomic E-state index is 0.112. The molecule has 0 saturated carbocycles. The lowest BCUT2D eigenvalue weighted by Crippen LogP contribution is -2.62. The summed E-state index contributed by atoms with van der Waals surface area (Å²) in [7, 11) is 0. The largest absolute Gasteiger partial charge is 0.458 e. The smallest absolute Gasteiger partial charge is 0.261 e. The molecule has 0 N–H and O–H groups in total. The molecule has 0 radical (unpaired) electrons. The Morgan fingerprint density at radius 3 is 1.70 bits per heavy atom. The van der Waals surface area contributed by atoms with Gasteiger partial charge >= 0.3 is 0 Å². The number of fused-ring (bicyclic) bond motifs is 12. The zero-order chi connectivity index (χ0) is 27.6. The van der Waals surface area contributed by atoms with Crippen molar-refractivity contribution < 1.29 is 9.47 Å². The molecule has 6 aliphatic rings. The van der Waals surface area contributed by atoms with Crippen molar-refractivity contribution in [3.8, 4) is 56.4 Å². The van der Waals surface area contributed by atoms with Crippen LogP contribution in [0.25, 0.3) is 33.4 Å². The summed E-state index contributed by atoms with van der Waals surface area (Å²) in [6.45, 7) is 0.112. The third-order valence-corrected chi connectivity index (χ3v) is 11.1. The highest BCUT2D eigenvalue weighted by Crippen LogP contribution is 2.53. The lowest BCUT2D eigenvalue weighted by Gasteiger charge is -2.40. The SMILES string of the molecule is c1ccc2c(c1)Cc1c-2cc2c3c1Cc1cc4c(c5c1B3c1c(cc3c(c1O2)-c1ccccc1C3)O5)-c1ccccc1C4. The lowest BCUT2D eigenvalue weighted by molar-refractivity contribution is 0.464. The standard InChI is InChI=1S/C40H23BO2/c1-4-10-26-22(9-1)16-29-30(26)19-33-37-31(29)17-25-15-23-13-20-7-2-5-11-27(20)34(23)39-36(25)41(37)38-32(42-39)18-24-14-21-8-3-6-12-28(21)35(24)40(38)43-33/h1-12,15,18-19H,13-14,16-17H2. The maximum Gasteiger partial charge on any atom is 0.261 e. The van der Waals surface area contributed by atoms with Crippen molar-refractivity contribution in [1.82, 2.24) is 0 Å². The molecule has 3 heterocycles. The van der Waals surface area contributed by atoms with Gasteiger partial charge in [0.15, 0.2) is 0 Å². The third kappa shape index (κ3) is 2.45. The van der Waals surface area contributed by atoms with Gasteiger partial charge in [0.05, 0.1) is 0 Å². The van der Waals surface area contributed by atoms with Gasteiger partial charge in [-0.2, -0.15) is 0 Å². The molecule has 0 unspecified atom stereocenters. The zero-order valence-electron chi connectivity index (χ0n) is 23.4. The van der Waals surface area contributed by atoms with Crippen molar-refractivity contribution in [3.63, 3.8) is 0 Å². The van der Waals surface area contributed by atoms with Crippen molar-refractivity contribution in [2.24, 2.45) is 0 Å². The van der Waals surface area contributed by atoms with Gasteiger partial charge in [-0.1, -0.05) is 78.9 Å². The first-order chi connectivity index (χ1) is 21.3. The predicted molar refractivity (Wildman–Crippen MR) is 172 cm³/mol. The first-order valence-electron chi connectivity index (χ1n) is 15.5. The van der Waals surface area contributed by atoms with E-state index in [2.05, 4.69) is 91.0 Å². The van der Waals surface area contributed by atoms with Crippen LogP contribution in [0.3, 0.4) is 0 Å². The first kappa shape index (κ1) is 21.7. The monoisotopic (exact) mass is 546 g/mol. The van der Waals surface area contributed by atoms with Crippen LogP contribution in [0.4, 0.5) is 0 Å². The fourth-order valence-electron chi connectivity index (χ4n) is 9.42.